The SMILES string of the molecule is CCC(C)C(N)C(=O)NC(Cc1ccccc1)C(=O)NC(C(=O)NC(CCC(=O)O)C(=O)O)C(C)C. The molecule has 7 N–H and O–H groups in total. The highest BCUT2D eigenvalue weighted by molar-refractivity contribution is 5.94. The number of carbonyl (C=O) groups is 5. The van der Waals surface area contributed by atoms with E-state index in [1.807, 2.05) is 19.9 Å². The lowest BCUT2D eigenvalue weighted by atomic mass is 9.97. The molecule has 36 heavy (non-hydrogen) atoms. The van der Waals surface area contributed by atoms with E-state index < -0.39 is 66.2 Å². The smallest absolute Gasteiger partial charge is 0.326 e. The van der Waals surface area contributed by atoms with Gasteiger partial charge in [-0.05, 0) is 23.8 Å². The molecule has 200 valence electrons. The first kappa shape index (κ1) is 30.6. The van der Waals surface area contributed by atoms with Crippen molar-refractivity contribution in [3.63, 3.8) is 0 Å². The number of carboxylic acid groups (broad SMARTS) is 2. The predicted octanol–water partition coefficient (Wildman–Crippen LogP) is 0.662. The van der Waals surface area contributed by atoms with Crippen molar-refractivity contribution in [3.8, 4) is 0 Å². The molecule has 0 spiro atoms. The number of benzene rings is 1. The van der Waals surface area contributed by atoms with Gasteiger partial charge in [-0.2, -0.15) is 0 Å². The third kappa shape index (κ3) is 10.0. The van der Waals surface area contributed by atoms with Crippen molar-refractivity contribution in [3.05, 3.63) is 35.9 Å². The van der Waals surface area contributed by atoms with Gasteiger partial charge in [-0.3, -0.25) is 19.2 Å². The Balaban J connectivity index is 3.07. The third-order valence-electron chi connectivity index (χ3n) is 5.98. The second kappa shape index (κ2) is 14.8. The monoisotopic (exact) mass is 506 g/mol. The molecule has 5 unspecified atom stereocenters. The largest absolute Gasteiger partial charge is 0.481 e. The number of amides is 3. The van der Waals surface area contributed by atoms with E-state index in [1.165, 1.54) is 0 Å². The Bertz CT molecular complexity index is 907. The highest BCUT2D eigenvalue weighted by atomic mass is 16.4. The lowest BCUT2D eigenvalue weighted by Gasteiger charge is -2.27. The summed E-state index contributed by atoms with van der Waals surface area (Å²) in [4.78, 5) is 61.2. The molecule has 5 atom stereocenters. The minimum Gasteiger partial charge on any atom is -0.481 e. The van der Waals surface area contributed by atoms with E-state index in [-0.39, 0.29) is 18.8 Å². The Morgan fingerprint density at radius 2 is 1.44 bits per heavy atom. The van der Waals surface area contributed by atoms with Crippen molar-refractivity contribution in [1.29, 1.82) is 0 Å². The molecule has 0 bridgehead atoms. The molecule has 0 saturated carbocycles. The van der Waals surface area contributed by atoms with Gasteiger partial charge in [0, 0.05) is 12.8 Å². The number of hydrogen-bond acceptors (Lipinski definition) is 6. The average molecular weight is 507 g/mol. The molecule has 3 amide bonds. The van der Waals surface area contributed by atoms with Crippen LogP contribution in [0.2, 0.25) is 0 Å². The van der Waals surface area contributed by atoms with Crippen LogP contribution in [-0.2, 0) is 30.4 Å². The summed E-state index contributed by atoms with van der Waals surface area (Å²) < 4.78 is 0. The molecular formula is C25H38N4O7. The van der Waals surface area contributed by atoms with Crippen molar-refractivity contribution >= 4 is 29.7 Å². The molecule has 0 aliphatic rings. The number of hydrogen-bond donors (Lipinski definition) is 6. The number of rotatable bonds is 15. The van der Waals surface area contributed by atoms with E-state index in [2.05, 4.69) is 16.0 Å². The topological polar surface area (TPSA) is 188 Å². The van der Waals surface area contributed by atoms with Crippen LogP contribution < -0.4 is 21.7 Å². The number of carboxylic acids is 2. The van der Waals surface area contributed by atoms with E-state index in [9.17, 15) is 29.1 Å². The Morgan fingerprint density at radius 3 is 1.94 bits per heavy atom. The zero-order valence-electron chi connectivity index (χ0n) is 21.2. The maximum Gasteiger partial charge on any atom is 0.326 e. The summed E-state index contributed by atoms with van der Waals surface area (Å²) in [6.07, 6.45) is 0.0632. The summed E-state index contributed by atoms with van der Waals surface area (Å²) in [6.45, 7) is 7.07. The summed E-state index contributed by atoms with van der Waals surface area (Å²) in [5.74, 6) is -5.01. The first-order chi connectivity index (χ1) is 16.9. The van der Waals surface area contributed by atoms with Crippen LogP contribution >= 0.6 is 0 Å². The van der Waals surface area contributed by atoms with Crippen molar-refractivity contribution in [1.82, 2.24) is 16.0 Å². The minimum absolute atomic E-state index is 0.113. The van der Waals surface area contributed by atoms with Crippen LogP contribution in [0.15, 0.2) is 30.3 Å². The van der Waals surface area contributed by atoms with Gasteiger partial charge in [-0.1, -0.05) is 64.4 Å². The molecule has 11 nitrogen and oxygen atoms in total. The van der Waals surface area contributed by atoms with Crippen molar-refractivity contribution in [2.45, 2.75) is 77.5 Å². The molecule has 0 aliphatic heterocycles. The van der Waals surface area contributed by atoms with Crippen LogP contribution in [0.3, 0.4) is 0 Å². The highest BCUT2D eigenvalue weighted by Crippen LogP contribution is 2.10. The number of nitrogens with one attached hydrogen (secondary N) is 3. The van der Waals surface area contributed by atoms with Crippen LogP contribution in [0.1, 0.15) is 52.5 Å². The van der Waals surface area contributed by atoms with Crippen LogP contribution in [0.25, 0.3) is 0 Å². The lowest BCUT2D eigenvalue weighted by Crippen LogP contribution is -2.59. The van der Waals surface area contributed by atoms with Gasteiger partial charge in [-0.15, -0.1) is 0 Å². The normalized spacial score (nSPS) is 15.2. The summed E-state index contributed by atoms with van der Waals surface area (Å²) in [5, 5.41) is 25.8. The van der Waals surface area contributed by atoms with Crippen LogP contribution in [0.4, 0.5) is 0 Å². The summed E-state index contributed by atoms with van der Waals surface area (Å²) in [6, 6.07) is 4.60. The summed E-state index contributed by atoms with van der Waals surface area (Å²) in [7, 11) is 0. The predicted molar refractivity (Wildman–Crippen MR) is 133 cm³/mol. The van der Waals surface area contributed by atoms with Gasteiger partial charge in [0.05, 0.1) is 6.04 Å². The van der Waals surface area contributed by atoms with Crippen LogP contribution in [-0.4, -0.2) is 64.0 Å². The van der Waals surface area contributed by atoms with E-state index >= 15 is 0 Å². The zero-order valence-corrected chi connectivity index (χ0v) is 21.2. The Labute approximate surface area is 211 Å². The molecule has 0 heterocycles. The van der Waals surface area contributed by atoms with E-state index in [0.717, 1.165) is 5.56 Å². The molecule has 0 saturated heterocycles. The van der Waals surface area contributed by atoms with Gasteiger partial charge >= 0.3 is 11.9 Å². The molecule has 0 radical (unpaired) electrons. The van der Waals surface area contributed by atoms with Gasteiger partial charge < -0.3 is 31.9 Å². The first-order valence-corrected chi connectivity index (χ1v) is 12.0. The molecular weight excluding hydrogens is 468 g/mol. The quantitative estimate of drug-likeness (QED) is 0.200. The molecule has 1 aromatic rings. The number of nitrogens with two attached hydrogens (primary N) is 1. The van der Waals surface area contributed by atoms with Crippen molar-refractivity contribution < 1.29 is 34.2 Å². The highest BCUT2D eigenvalue weighted by Gasteiger charge is 2.32. The second-order valence-corrected chi connectivity index (χ2v) is 9.22. The van der Waals surface area contributed by atoms with E-state index in [4.69, 9.17) is 10.8 Å². The molecule has 0 aromatic heterocycles. The Kier molecular flexibility index (Phi) is 12.6. The van der Waals surface area contributed by atoms with E-state index in [0.29, 0.717) is 6.42 Å². The summed E-state index contributed by atoms with van der Waals surface area (Å²) >= 11 is 0. The van der Waals surface area contributed by atoms with Crippen molar-refractivity contribution in [2.24, 2.45) is 17.6 Å². The maximum absolute atomic E-state index is 13.3. The molecule has 0 aliphatic carbocycles. The lowest BCUT2D eigenvalue weighted by molar-refractivity contribution is -0.143. The van der Waals surface area contributed by atoms with Gasteiger partial charge in [-0.25, -0.2) is 4.79 Å². The number of carbonyl (C=O) groups excluding carboxylic acids is 3. The second-order valence-electron chi connectivity index (χ2n) is 9.22. The molecule has 11 heteroatoms. The minimum atomic E-state index is -1.43. The standard InChI is InChI=1S/C25H38N4O7/c1-5-15(4)20(26)23(33)28-18(13-16-9-7-6-8-10-16)22(32)29-21(14(2)3)24(34)27-17(25(35)36)11-12-19(30)31/h6-10,14-15,17-18,20-21H,5,11-13,26H2,1-4H3,(H,27,34)(H,28,33)(H,29,32)(H,30,31)(H,35,36). The average Bonchev–Trinajstić information content (AvgIpc) is 2.83. The molecule has 1 aromatic carbocycles. The maximum atomic E-state index is 13.3. The zero-order chi connectivity index (χ0) is 27.4. The fourth-order valence-corrected chi connectivity index (χ4v) is 3.41. The fraction of sp³-hybridized carbons (Fsp3) is 0.560. The Morgan fingerprint density at radius 1 is 0.861 bits per heavy atom. The Hall–Kier alpha value is -3.47. The van der Waals surface area contributed by atoms with Crippen LogP contribution in [0, 0.1) is 11.8 Å². The number of aliphatic carboxylic acids is 2. The van der Waals surface area contributed by atoms with Crippen LogP contribution in [0.5, 0.6) is 0 Å². The van der Waals surface area contributed by atoms with Gasteiger partial charge in [0.15, 0.2) is 0 Å². The summed E-state index contributed by atoms with van der Waals surface area (Å²) in [5.41, 5.74) is 6.82. The molecule has 1 rings (SSSR count). The third-order valence-corrected chi connectivity index (χ3v) is 5.98. The van der Waals surface area contributed by atoms with Gasteiger partial charge in [0.25, 0.3) is 0 Å². The fourth-order valence-electron chi connectivity index (χ4n) is 3.41. The van der Waals surface area contributed by atoms with Gasteiger partial charge in [0.2, 0.25) is 17.7 Å². The first-order valence-electron chi connectivity index (χ1n) is 12.0. The van der Waals surface area contributed by atoms with Gasteiger partial charge in [0.1, 0.15) is 18.1 Å². The molecule has 0 fully saturated rings. The van der Waals surface area contributed by atoms with E-state index in [1.54, 1.807) is 38.1 Å². The van der Waals surface area contributed by atoms with Crippen molar-refractivity contribution in [2.75, 3.05) is 0 Å².